The molecule has 18 heavy (non-hydrogen) atoms. The van der Waals surface area contributed by atoms with Crippen molar-refractivity contribution in [2.45, 2.75) is 25.8 Å². The molecule has 0 heterocycles. The SMILES string of the molecule is CCC(C)(CO)NC(=O)c1cc(OC)ccc1Br. The minimum atomic E-state index is -0.612. The number of carbonyl (C=O) groups is 1. The van der Waals surface area contributed by atoms with E-state index in [4.69, 9.17) is 4.74 Å². The second kappa shape index (κ2) is 6.20. The summed E-state index contributed by atoms with van der Waals surface area (Å²) in [6, 6.07) is 5.19. The zero-order chi connectivity index (χ0) is 13.8. The van der Waals surface area contributed by atoms with E-state index in [0.717, 1.165) is 0 Å². The lowest BCUT2D eigenvalue weighted by Crippen LogP contribution is -2.48. The molecule has 1 amide bonds. The van der Waals surface area contributed by atoms with Crippen LogP contribution in [0.25, 0.3) is 0 Å². The molecule has 5 heteroatoms. The summed E-state index contributed by atoms with van der Waals surface area (Å²) in [4.78, 5) is 12.2. The molecule has 0 saturated heterocycles. The molecule has 0 aliphatic carbocycles. The standard InChI is InChI=1S/C13H18BrNO3/c1-4-13(2,8-16)15-12(17)10-7-9(18-3)5-6-11(10)14/h5-7,16H,4,8H2,1-3H3,(H,15,17). The first-order valence-corrected chi connectivity index (χ1v) is 6.52. The smallest absolute Gasteiger partial charge is 0.253 e. The van der Waals surface area contributed by atoms with Gasteiger partial charge >= 0.3 is 0 Å². The molecule has 0 fully saturated rings. The minimum absolute atomic E-state index is 0.100. The molecule has 1 aromatic rings. The highest BCUT2D eigenvalue weighted by molar-refractivity contribution is 9.10. The zero-order valence-corrected chi connectivity index (χ0v) is 12.4. The van der Waals surface area contributed by atoms with E-state index in [1.54, 1.807) is 32.2 Å². The van der Waals surface area contributed by atoms with Crippen molar-refractivity contribution in [2.24, 2.45) is 0 Å². The van der Waals surface area contributed by atoms with E-state index in [2.05, 4.69) is 21.2 Å². The van der Waals surface area contributed by atoms with Gasteiger partial charge in [-0.1, -0.05) is 6.92 Å². The van der Waals surface area contributed by atoms with Crippen molar-refractivity contribution in [2.75, 3.05) is 13.7 Å². The number of benzene rings is 1. The Morgan fingerprint density at radius 1 is 1.56 bits per heavy atom. The fraction of sp³-hybridized carbons (Fsp3) is 0.462. The highest BCUT2D eigenvalue weighted by atomic mass is 79.9. The molecule has 0 saturated carbocycles. The zero-order valence-electron chi connectivity index (χ0n) is 10.8. The van der Waals surface area contributed by atoms with Crippen molar-refractivity contribution < 1.29 is 14.6 Å². The Balaban J connectivity index is 2.97. The van der Waals surface area contributed by atoms with Crippen LogP contribution in [0.3, 0.4) is 0 Å². The maximum Gasteiger partial charge on any atom is 0.253 e. The molecular formula is C13H18BrNO3. The average molecular weight is 316 g/mol. The predicted molar refractivity (Wildman–Crippen MR) is 73.9 cm³/mol. The highest BCUT2D eigenvalue weighted by Gasteiger charge is 2.24. The van der Waals surface area contributed by atoms with Crippen molar-refractivity contribution in [1.82, 2.24) is 5.32 Å². The summed E-state index contributed by atoms with van der Waals surface area (Å²) < 4.78 is 5.78. The van der Waals surface area contributed by atoms with Crippen molar-refractivity contribution in [3.63, 3.8) is 0 Å². The lowest BCUT2D eigenvalue weighted by atomic mass is 9.99. The molecular weight excluding hydrogens is 298 g/mol. The molecule has 0 aliphatic rings. The second-order valence-corrected chi connectivity index (χ2v) is 5.23. The number of nitrogens with one attached hydrogen (secondary N) is 1. The fourth-order valence-corrected chi connectivity index (χ4v) is 1.81. The lowest BCUT2D eigenvalue weighted by Gasteiger charge is -2.27. The van der Waals surface area contributed by atoms with E-state index in [-0.39, 0.29) is 12.5 Å². The molecule has 2 N–H and O–H groups in total. The number of aliphatic hydroxyl groups is 1. The number of methoxy groups -OCH3 is 1. The van der Waals surface area contributed by atoms with E-state index < -0.39 is 5.54 Å². The molecule has 0 bridgehead atoms. The molecule has 1 aromatic carbocycles. The van der Waals surface area contributed by atoms with Crippen LogP contribution in [-0.4, -0.2) is 30.3 Å². The maximum atomic E-state index is 12.2. The Hall–Kier alpha value is -1.07. The van der Waals surface area contributed by atoms with Gasteiger partial charge in [0, 0.05) is 4.47 Å². The van der Waals surface area contributed by atoms with Gasteiger partial charge in [-0.05, 0) is 47.5 Å². The maximum absolute atomic E-state index is 12.2. The van der Waals surface area contributed by atoms with Gasteiger partial charge in [0.05, 0.1) is 24.8 Å². The van der Waals surface area contributed by atoms with Gasteiger partial charge in [0.15, 0.2) is 0 Å². The summed E-state index contributed by atoms with van der Waals surface area (Å²) in [5.41, 5.74) is -0.123. The van der Waals surface area contributed by atoms with E-state index in [1.807, 2.05) is 6.92 Å². The van der Waals surface area contributed by atoms with Crippen LogP contribution in [0.5, 0.6) is 5.75 Å². The number of carbonyl (C=O) groups excluding carboxylic acids is 1. The normalized spacial score (nSPS) is 13.8. The third-order valence-corrected chi connectivity index (χ3v) is 3.65. The summed E-state index contributed by atoms with van der Waals surface area (Å²) >= 11 is 3.33. The molecule has 1 rings (SSSR count). The van der Waals surface area contributed by atoms with Crippen LogP contribution >= 0.6 is 15.9 Å². The number of aliphatic hydroxyl groups excluding tert-OH is 1. The van der Waals surface area contributed by atoms with Gasteiger partial charge in [-0.15, -0.1) is 0 Å². The number of halogens is 1. The van der Waals surface area contributed by atoms with E-state index in [9.17, 15) is 9.90 Å². The van der Waals surface area contributed by atoms with Crippen LogP contribution in [0.2, 0.25) is 0 Å². The topological polar surface area (TPSA) is 58.6 Å². The summed E-state index contributed by atoms with van der Waals surface area (Å²) in [7, 11) is 1.55. The van der Waals surface area contributed by atoms with Crippen molar-refractivity contribution in [1.29, 1.82) is 0 Å². The quantitative estimate of drug-likeness (QED) is 0.877. The molecule has 0 aliphatic heterocycles. The van der Waals surface area contributed by atoms with Crippen LogP contribution < -0.4 is 10.1 Å². The van der Waals surface area contributed by atoms with Gasteiger partial charge in [0.25, 0.3) is 5.91 Å². The monoisotopic (exact) mass is 315 g/mol. The van der Waals surface area contributed by atoms with E-state index in [1.165, 1.54) is 0 Å². The average Bonchev–Trinajstić information content (AvgIpc) is 2.39. The number of hydrogen-bond acceptors (Lipinski definition) is 3. The van der Waals surface area contributed by atoms with Crippen LogP contribution in [0.4, 0.5) is 0 Å². The van der Waals surface area contributed by atoms with Gasteiger partial charge in [-0.2, -0.15) is 0 Å². The third kappa shape index (κ3) is 3.46. The lowest BCUT2D eigenvalue weighted by molar-refractivity contribution is 0.0846. The first-order chi connectivity index (χ1) is 8.45. The number of amides is 1. The van der Waals surface area contributed by atoms with Gasteiger partial charge in [0.2, 0.25) is 0 Å². The first-order valence-electron chi connectivity index (χ1n) is 5.72. The molecule has 100 valence electrons. The molecule has 1 unspecified atom stereocenters. The van der Waals surface area contributed by atoms with Crippen LogP contribution in [0.1, 0.15) is 30.6 Å². The fourth-order valence-electron chi connectivity index (χ4n) is 1.39. The Kier molecular flexibility index (Phi) is 5.16. The van der Waals surface area contributed by atoms with Crippen LogP contribution in [-0.2, 0) is 0 Å². The van der Waals surface area contributed by atoms with Gasteiger partial charge < -0.3 is 15.2 Å². The molecule has 0 spiro atoms. The number of hydrogen-bond donors (Lipinski definition) is 2. The van der Waals surface area contributed by atoms with Gasteiger partial charge in [0.1, 0.15) is 5.75 Å². The molecule has 1 atom stereocenters. The van der Waals surface area contributed by atoms with Crippen molar-refractivity contribution >= 4 is 21.8 Å². The largest absolute Gasteiger partial charge is 0.497 e. The van der Waals surface area contributed by atoms with Crippen molar-refractivity contribution in [3.8, 4) is 5.75 Å². The van der Waals surface area contributed by atoms with Crippen LogP contribution in [0, 0.1) is 0 Å². The second-order valence-electron chi connectivity index (χ2n) is 4.37. The highest BCUT2D eigenvalue weighted by Crippen LogP contribution is 2.23. The Morgan fingerprint density at radius 3 is 2.72 bits per heavy atom. The van der Waals surface area contributed by atoms with Gasteiger partial charge in [-0.3, -0.25) is 4.79 Å². The Labute approximate surface area is 115 Å². The Bertz CT molecular complexity index is 430. The molecule has 0 radical (unpaired) electrons. The van der Waals surface area contributed by atoms with E-state index >= 15 is 0 Å². The third-order valence-electron chi connectivity index (χ3n) is 2.96. The van der Waals surface area contributed by atoms with Crippen molar-refractivity contribution in [3.05, 3.63) is 28.2 Å². The van der Waals surface area contributed by atoms with E-state index in [0.29, 0.717) is 22.2 Å². The molecule has 0 aromatic heterocycles. The predicted octanol–water partition coefficient (Wildman–Crippen LogP) is 2.35. The number of ether oxygens (including phenoxy) is 1. The molecule has 4 nitrogen and oxygen atoms in total. The minimum Gasteiger partial charge on any atom is -0.497 e. The number of rotatable bonds is 5. The Morgan fingerprint density at radius 2 is 2.22 bits per heavy atom. The summed E-state index contributed by atoms with van der Waals surface area (Å²) in [6.07, 6.45) is 0.650. The summed E-state index contributed by atoms with van der Waals surface area (Å²) in [6.45, 7) is 3.62. The first kappa shape index (κ1) is 15.0. The summed E-state index contributed by atoms with van der Waals surface area (Å²) in [5, 5.41) is 12.1. The summed E-state index contributed by atoms with van der Waals surface area (Å²) in [5.74, 6) is 0.379. The van der Waals surface area contributed by atoms with Crippen LogP contribution in [0.15, 0.2) is 22.7 Å². The van der Waals surface area contributed by atoms with Gasteiger partial charge in [-0.25, -0.2) is 0 Å².